The zero-order valence-electron chi connectivity index (χ0n) is 9.84. The molecule has 0 bridgehead atoms. The van der Waals surface area contributed by atoms with Gasteiger partial charge in [0.2, 0.25) is 0 Å². The summed E-state index contributed by atoms with van der Waals surface area (Å²) >= 11 is 0. The second kappa shape index (κ2) is 5.91. The molecule has 96 valence electrons. The van der Waals surface area contributed by atoms with E-state index in [2.05, 4.69) is 10.1 Å². The van der Waals surface area contributed by atoms with Crippen molar-refractivity contribution >= 4 is 0 Å². The Bertz CT molecular complexity index is 352. The maximum Gasteiger partial charge on any atom is 0.573 e. The van der Waals surface area contributed by atoms with Gasteiger partial charge in [0.1, 0.15) is 5.75 Å². The Morgan fingerprint density at radius 2 is 2.00 bits per heavy atom. The maximum atomic E-state index is 12.1. The second-order valence-electron chi connectivity index (χ2n) is 3.64. The summed E-state index contributed by atoms with van der Waals surface area (Å²) in [6, 6.07) is 6.13. The van der Waals surface area contributed by atoms with Crippen LogP contribution in [0.25, 0.3) is 0 Å². The first-order chi connectivity index (χ1) is 7.96. The van der Waals surface area contributed by atoms with Gasteiger partial charge in [0.05, 0.1) is 0 Å². The second-order valence-corrected chi connectivity index (χ2v) is 3.64. The molecular formula is C12H16F3NO. The van der Waals surface area contributed by atoms with Crippen LogP contribution in [0.2, 0.25) is 0 Å². The Balaban J connectivity index is 2.84. The van der Waals surface area contributed by atoms with Crippen LogP contribution in [0.4, 0.5) is 13.2 Å². The van der Waals surface area contributed by atoms with Crippen LogP contribution in [0, 0.1) is 0 Å². The number of hydrogen-bond acceptors (Lipinski definition) is 2. The van der Waals surface area contributed by atoms with E-state index in [-0.39, 0.29) is 11.8 Å². The van der Waals surface area contributed by atoms with E-state index in [1.54, 1.807) is 12.1 Å². The third-order valence-electron chi connectivity index (χ3n) is 2.35. The Morgan fingerprint density at radius 3 is 2.53 bits per heavy atom. The summed E-state index contributed by atoms with van der Waals surface area (Å²) in [7, 11) is 0. The molecular weight excluding hydrogens is 231 g/mol. The van der Waals surface area contributed by atoms with Gasteiger partial charge in [0, 0.05) is 6.04 Å². The van der Waals surface area contributed by atoms with Gasteiger partial charge in [-0.25, -0.2) is 0 Å². The largest absolute Gasteiger partial charge is 0.573 e. The third-order valence-corrected chi connectivity index (χ3v) is 2.35. The summed E-state index contributed by atoms with van der Waals surface area (Å²) in [6.45, 7) is 4.70. The molecule has 1 aromatic rings. The van der Waals surface area contributed by atoms with Crippen molar-refractivity contribution in [1.82, 2.24) is 5.32 Å². The molecule has 1 unspecified atom stereocenters. The minimum atomic E-state index is -4.64. The molecule has 5 heteroatoms. The highest BCUT2D eigenvalue weighted by molar-refractivity contribution is 5.30. The summed E-state index contributed by atoms with van der Waals surface area (Å²) in [5.41, 5.74) is 0.802. The number of alkyl halides is 3. The number of halogens is 3. The molecule has 17 heavy (non-hydrogen) atoms. The van der Waals surface area contributed by atoms with Crippen molar-refractivity contribution in [2.45, 2.75) is 32.7 Å². The van der Waals surface area contributed by atoms with Crippen molar-refractivity contribution in [1.29, 1.82) is 0 Å². The summed E-state index contributed by atoms with van der Waals surface area (Å²) in [4.78, 5) is 0. The van der Waals surface area contributed by atoms with Gasteiger partial charge in [-0.05, 0) is 30.7 Å². The normalized spacial score (nSPS) is 13.5. The fraction of sp³-hybridized carbons (Fsp3) is 0.500. The van der Waals surface area contributed by atoms with Crippen LogP contribution < -0.4 is 10.1 Å². The Labute approximate surface area is 98.8 Å². The fourth-order valence-corrected chi connectivity index (χ4v) is 1.67. The molecule has 0 aliphatic carbocycles. The summed E-state index contributed by atoms with van der Waals surface area (Å²) in [6.07, 6.45) is -3.83. The highest BCUT2D eigenvalue weighted by atomic mass is 19.4. The first-order valence-corrected chi connectivity index (χ1v) is 5.55. The molecule has 0 aromatic heterocycles. The SMILES string of the molecule is CCNC(CC)c1cccc(OC(F)(F)F)c1. The monoisotopic (exact) mass is 247 g/mol. The molecule has 2 nitrogen and oxygen atoms in total. The molecule has 1 aromatic carbocycles. The molecule has 0 fully saturated rings. The smallest absolute Gasteiger partial charge is 0.406 e. The van der Waals surface area contributed by atoms with E-state index in [1.165, 1.54) is 12.1 Å². The fourth-order valence-electron chi connectivity index (χ4n) is 1.67. The molecule has 1 N–H and O–H groups in total. The summed E-state index contributed by atoms with van der Waals surface area (Å²) in [5.74, 6) is -0.175. The topological polar surface area (TPSA) is 21.3 Å². The average molecular weight is 247 g/mol. The predicted octanol–water partition coefficient (Wildman–Crippen LogP) is 3.65. The quantitative estimate of drug-likeness (QED) is 0.857. The van der Waals surface area contributed by atoms with Gasteiger partial charge < -0.3 is 10.1 Å². The van der Waals surface area contributed by atoms with Crippen LogP contribution in [0.15, 0.2) is 24.3 Å². The van der Waals surface area contributed by atoms with Gasteiger partial charge >= 0.3 is 6.36 Å². The van der Waals surface area contributed by atoms with Crippen molar-refractivity contribution < 1.29 is 17.9 Å². The van der Waals surface area contributed by atoms with Crippen molar-refractivity contribution in [3.8, 4) is 5.75 Å². The lowest BCUT2D eigenvalue weighted by atomic mass is 10.0. The van der Waals surface area contributed by atoms with Gasteiger partial charge in [-0.1, -0.05) is 26.0 Å². The molecule has 0 aliphatic rings. The molecule has 0 heterocycles. The lowest BCUT2D eigenvalue weighted by Gasteiger charge is -2.17. The molecule has 1 atom stereocenters. The Kier molecular flexibility index (Phi) is 4.81. The van der Waals surface area contributed by atoms with Crippen molar-refractivity contribution in [3.05, 3.63) is 29.8 Å². The highest BCUT2D eigenvalue weighted by Gasteiger charge is 2.31. The van der Waals surface area contributed by atoms with Crippen molar-refractivity contribution in [2.75, 3.05) is 6.54 Å². The lowest BCUT2D eigenvalue weighted by molar-refractivity contribution is -0.274. The lowest BCUT2D eigenvalue weighted by Crippen LogP contribution is -2.21. The zero-order chi connectivity index (χ0) is 12.9. The number of ether oxygens (including phenoxy) is 1. The Morgan fingerprint density at radius 1 is 1.29 bits per heavy atom. The predicted molar refractivity (Wildman–Crippen MR) is 59.8 cm³/mol. The van der Waals surface area contributed by atoms with E-state index in [1.807, 2.05) is 13.8 Å². The number of rotatable bonds is 5. The number of nitrogens with one attached hydrogen (secondary N) is 1. The molecule has 0 saturated carbocycles. The standard InChI is InChI=1S/C12H16F3NO/c1-3-11(16-4-2)9-6-5-7-10(8-9)17-12(13,14)15/h5-8,11,16H,3-4H2,1-2H3. The van der Waals surface area contributed by atoms with E-state index in [9.17, 15) is 13.2 Å². The minimum absolute atomic E-state index is 0.0526. The molecule has 0 spiro atoms. The summed E-state index contributed by atoms with van der Waals surface area (Å²) in [5, 5.41) is 3.20. The molecule has 0 amide bonds. The van der Waals surface area contributed by atoms with Crippen LogP contribution in [-0.4, -0.2) is 12.9 Å². The third kappa shape index (κ3) is 4.65. The van der Waals surface area contributed by atoms with Crippen LogP contribution >= 0.6 is 0 Å². The maximum absolute atomic E-state index is 12.1. The number of benzene rings is 1. The van der Waals surface area contributed by atoms with Crippen LogP contribution in [0.1, 0.15) is 31.9 Å². The van der Waals surface area contributed by atoms with Gasteiger partial charge in [-0.3, -0.25) is 0 Å². The van der Waals surface area contributed by atoms with E-state index in [4.69, 9.17) is 0 Å². The van der Waals surface area contributed by atoms with Gasteiger partial charge in [0.15, 0.2) is 0 Å². The molecule has 0 aliphatic heterocycles. The average Bonchev–Trinajstić information content (AvgIpc) is 2.24. The Hall–Kier alpha value is -1.23. The summed E-state index contributed by atoms with van der Waals surface area (Å²) < 4.78 is 40.1. The van der Waals surface area contributed by atoms with E-state index in [0.29, 0.717) is 0 Å². The minimum Gasteiger partial charge on any atom is -0.406 e. The van der Waals surface area contributed by atoms with Crippen LogP contribution in [-0.2, 0) is 0 Å². The van der Waals surface area contributed by atoms with Crippen molar-refractivity contribution in [2.24, 2.45) is 0 Å². The van der Waals surface area contributed by atoms with Gasteiger partial charge in [-0.2, -0.15) is 0 Å². The van der Waals surface area contributed by atoms with E-state index in [0.717, 1.165) is 18.5 Å². The van der Waals surface area contributed by atoms with Crippen LogP contribution in [0.3, 0.4) is 0 Å². The van der Waals surface area contributed by atoms with Gasteiger partial charge in [-0.15, -0.1) is 13.2 Å². The molecule has 1 rings (SSSR count). The zero-order valence-corrected chi connectivity index (χ0v) is 9.84. The van der Waals surface area contributed by atoms with Crippen molar-refractivity contribution in [3.63, 3.8) is 0 Å². The van der Waals surface area contributed by atoms with Crippen LogP contribution in [0.5, 0.6) is 5.75 Å². The number of hydrogen-bond donors (Lipinski definition) is 1. The highest BCUT2D eigenvalue weighted by Crippen LogP contribution is 2.26. The van der Waals surface area contributed by atoms with Gasteiger partial charge in [0.25, 0.3) is 0 Å². The first-order valence-electron chi connectivity index (χ1n) is 5.55. The molecule has 0 radical (unpaired) electrons. The molecule has 0 saturated heterocycles. The first kappa shape index (κ1) is 13.8. The van der Waals surface area contributed by atoms with E-state index >= 15 is 0 Å². The van der Waals surface area contributed by atoms with E-state index < -0.39 is 6.36 Å².